The van der Waals surface area contributed by atoms with Crippen molar-refractivity contribution < 1.29 is 27.6 Å². The van der Waals surface area contributed by atoms with Gasteiger partial charge >= 0.3 is 6.18 Å². The van der Waals surface area contributed by atoms with Crippen LogP contribution in [0.1, 0.15) is 34.9 Å². The van der Waals surface area contributed by atoms with Gasteiger partial charge in [-0.25, -0.2) is 4.98 Å². The Morgan fingerprint density at radius 1 is 0.868 bits per heavy atom. The molecule has 3 amide bonds. The Hall–Kier alpha value is -5.43. The number of nitrogens with zero attached hydrogens (tertiary/aromatic N) is 6. The second-order valence-electron chi connectivity index (χ2n) is 13.4. The van der Waals surface area contributed by atoms with E-state index in [9.17, 15) is 27.6 Å². The molecule has 4 aromatic rings. The summed E-state index contributed by atoms with van der Waals surface area (Å²) in [5, 5.41) is 0. The van der Waals surface area contributed by atoms with Gasteiger partial charge in [-0.3, -0.25) is 19.3 Å². The molecule has 10 nitrogen and oxygen atoms in total. The Bertz CT molecular complexity index is 1810. The summed E-state index contributed by atoms with van der Waals surface area (Å²) in [6, 6.07) is 21.0. The molecule has 1 aromatic heterocycles. The van der Waals surface area contributed by atoms with Gasteiger partial charge in [-0.1, -0.05) is 54.6 Å². The van der Waals surface area contributed by atoms with Crippen LogP contribution in [0.5, 0.6) is 0 Å². The maximum atomic E-state index is 14.4. The summed E-state index contributed by atoms with van der Waals surface area (Å²) >= 11 is 0. The first-order chi connectivity index (χ1) is 25.4. The Morgan fingerprint density at radius 3 is 2.15 bits per heavy atom. The monoisotopic (exact) mass is 729 g/mol. The summed E-state index contributed by atoms with van der Waals surface area (Å²) in [6.07, 6.45) is 1.94. The fraction of sp³-hybridized carbons (Fsp3) is 0.350. The van der Waals surface area contributed by atoms with E-state index in [2.05, 4.69) is 19.8 Å². The van der Waals surface area contributed by atoms with Crippen molar-refractivity contribution in [1.82, 2.24) is 29.6 Å². The first-order valence-electron chi connectivity index (χ1n) is 17.6. The number of aromatic nitrogens is 2. The largest absolute Gasteiger partial charge is 0.416 e. The van der Waals surface area contributed by atoms with Gasteiger partial charge in [-0.15, -0.1) is 0 Å². The van der Waals surface area contributed by atoms with Crippen LogP contribution in [0.2, 0.25) is 0 Å². The van der Waals surface area contributed by atoms with Crippen molar-refractivity contribution in [2.75, 3.05) is 58.3 Å². The quantitative estimate of drug-likeness (QED) is 0.176. The molecule has 0 radical (unpaired) electrons. The van der Waals surface area contributed by atoms with Gasteiger partial charge in [0.2, 0.25) is 17.7 Å². The highest BCUT2D eigenvalue weighted by atomic mass is 19.4. The van der Waals surface area contributed by atoms with Crippen molar-refractivity contribution in [3.8, 4) is 0 Å². The molecular formula is C40H46F3N7O3. The van der Waals surface area contributed by atoms with Gasteiger partial charge in [0.05, 0.1) is 11.9 Å². The van der Waals surface area contributed by atoms with Gasteiger partial charge < -0.3 is 24.6 Å². The number of nitrogens with one attached hydrogen (secondary N) is 1. The van der Waals surface area contributed by atoms with Crippen molar-refractivity contribution >= 4 is 29.5 Å². The first kappa shape index (κ1) is 38.8. The Balaban J connectivity index is 1.40. The Kier molecular flexibility index (Phi) is 13.1. The normalized spacial score (nSPS) is 14.1. The summed E-state index contributed by atoms with van der Waals surface area (Å²) in [6.45, 7) is 5.98. The highest BCUT2D eigenvalue weighted by Crippen LogP contribution is 2.29. The number of likely N-dealkylation sites (N-methyl/N-ethyl adjacent to an activating group) is 2. The molecular weight excluding hydrogens is 683 g/mol. The summed E-state index contributed by atoms with van der Waals surface area (Å²) in [7, 11) is 3.68. The van der Waals surface area contributed by atoms with Crippen molar-refractivity contribution in [3.05, 3.63) is 125 Å². The summed E-state index contributed by atoms with van der Waals surface area (Å²) in [4.78, 5) is 56.8. The van der Waals surface area contributed by atoms with Crippen LogP contribution in [-0.4, -0.2) is 107 Å². The molecule has 1 N–H and O–H groups in total. The molecule has 1 aliphatic heterocycles. The van der Waals surface area contributed by atoms with Crippen LogP contribution in [0.3, 0.4) is 0 Å². The first-order valence-corrected chi connectivity index (χ1v) is 17.6. The van der Waals surface area contributed by atoms with Crippen LogP contribution in [0, 0.1) is 0 Å². The number of amides is 3. The van der Waals surface area contributed by atoms with E-state index in [4.69, 9.17) is 0 Å². The average molecular weight is 730 g/mol. The number of anilines is 1. The Morgan fingerprint density at radius 2 is 1.55 bits per heavy atom. The number of H-pyrrole nitrogens is 1. The zero-order valence-electron chi connectivity index (χ0n) is 30.3. The number of benzene rings is 3. The number of halogens is 3. The van der Waals surface area contributed by atoms with Crippen molar-refractivity contribution in [1.29, 1.82) is 0 Å². The fourth-order valence-electron chi connectivity index (χ4n) is 6.27. The third-order valence-electron chi connectivity index (χ3n) is 9.44. The number of imidazole rings is 1. The predicted molar refractivity (Wildman–Crippen MR) is 198 cm³/mol. The van der Waals surface area contributed by atoms with Gasteiger partial charge in [0.15, 0.2) is 0 Å². The van der Waals surface area contributed by atoms with E-state index < -0.39 is 23.7 Å². The minimum atomic E-state index is -4.47. The number of hydrogen-bond acceptors (Lipinski definition) is 6. The molecule has 3 aromatic carbocycles. The minimum Gasteiger partial charge on any atom is -0.368 e. The molecule has 2 heterocycles. The zero-order chi connectivity index (χ0) is 38.0. The smallest absolute Gasteiger partial charge is 0.368 e. The molecule has 0 saturated carbocycles. The summed E-state index contributed by atoms with van der Waals surface area (Å²) in [5.74, 6) is -0.628. The number of aromatic amines is 1. The lowest BCUT2D eigenvalue weighted by molar-refractivity contribution is -0.143. The van der Waals surface area contributed by atoms with Gasteiger partial charge in [0.25, 0.3) is 0 Å². The number of hydrogen-bond donors (Lipinski definition) is 1. The van der Waals surface area contributed by atoms with E-state index in [0.29, 0.717) is 51.4 Å². The number of piperazine rings is 1. The van der Waals surface area contributed by atoms with Crippen LogP contribution in [0.25, 0.3) is 6.08 Å². The van der Waals surface area contributed by atoms with Crippen LogP contribution in [-0.2, 0) is 40.1 Å². The predicted octanol–water partition coefficient (Wildman–Crippen LogP) is 5.34. The van der Waals surface area contributed by atoms with Gasteiger partial charge in [0.1, 0.15) is 6.04 Å². The second-order valence-corrected chi connectivity index (χ2v) is 13.4. The van der Waals surface area contributed by atoms with Crippen LogP contribution >= 0.6 is 0 Å². The molecule has 13 heteroatoms. The number of alkyl halides is 3. The minimum absolute atomic E-state index is 0.0588. The van der Waals surface area contributed by atoms with Gasteiger partial charge in [0, 0.05) is 96.4 Å². The van der Waals surface area contributed by atoms with Crippen molar-refractivity contribution in [2.24, 2.45) is 0 Å². The lowest BCUT2D eigenvalue weighted by Gasteiger charge is -2.36. The van der Waals surface area contributed by atoms with E-state index in [1.54, 1.807) is 36.3 Å². The maximum Gasteiger partial charge on any atom is 0.416 e. The summed E-state index contributed by atoms with van der Waals surface area (Å²) < 4.78 is 39.5. The topological polar surface area (TPSA) is 96.1 Å². The van der Waals surface area contributed by atoms with Crippen LogP contribution in [0.15, 0.2) is 97.5 Å². The molecule has 53 heavy (non-hydrogen) atoms. The Labute approximate surface area is 308 Å². The lowest BCUT2D eigenvalue weighted by Crippen LogP contribution is -2.51. The van der Waals surface area contributed by atoms with Crippen molar-refractivity contribution in [3.63, 3.8) is 0 Å². The van der Waals surface area contributed by atoms with E-state index in [-0.39, 0.29) is 24.8 Å². The molecule has 1 aliphatic rings. The molecule has 0 aliphatic carbocycles. The van der Waals surface area contributed by atoms with Gasteiger partial charge in [-0.2, -0.15) is 13.2 Å². The van der Waals surface area contributed by atoms with E-state index in [1.807, 2.05) is 66.5 Å². The van der Waals surface area contributed by atoms with E-state index in [1.165, 1.54) is 24.3 Å². The molecule has 0 bridgehead atoms. The SMILES string of the molecule is CC(=O)N1CCN(c2ccc(CN(C(=O)C=Cc3ccc(C(F)(F)F)cc3)C(Cc3ccccc3)C(=O)N(C)CCN(C)Cc3cnc[nH]3)cc2)CC1. The molecule has 5 rings (SSSR count). The average Bonchev–Trinajstić information content (AvgIpc) is 3.67. The maximum absolute atomic E-state index is 14.4. The van der Waals surface area contributed by atoms with E-state index >= 15 is 0 Å². The molecule has 1 unspecified atom stereocenters. The molecule has 1 saturated heterocycles. The second kappa shape index (κ2) is 17.9. The standard InChI is InChI=1S/C40H46F3N7O3/c1-30(51)48-21-23-49(24-22-48)36-16-11-33(12-17-36)27-50(38(52)18-13-31-9-14-34(15-10-31)40(41,42)43)37(25-32-7-5-4-6-8-32)39(53)47(3)20-19-46(2)28-35-26-44-29-45-35/h4-18,26,29,37H,19-25,27-28H2,1-3H3,(H,44,45). The molecule has 1 fully saturated rings. The zero-order valence-corrected chi connectivity index (χ0v) is 30.3. The van der Waals surface area contributed by atoms with E-state index in [0.717, 1.165) is 34.6 Å². The highest BCUT2D eigenvalue weighted by Gasteiger charge is 2.32. The van der Waals surface area contributed by atoms with Crippen molar-refractivity contribution in [2.45, 2.75) is 38.7 Å². The number of carbonyl (C=O) groups excluding carboxylic acids is 3. The molecule has 280 valence electrons. The number of rotatable bonds is 14. The van der Waals surface area contributed by atoms with Crippen LogP contribution in [0.4, 0.5) is 18.9 Å². The fourth-order valence-corrected chi connectivity index (χ4v) is 6.27. The van der Waals surface area contributed by atoms with Gasteiger partial charge in [-0.05, 0) is 54.1 Å². The molecule has 0 spiro atoms. The molecule has 1 atom stereocenters. The number of carbonyl (C=O) groups is 3. The third kappa shape index (κ3) is 11.0. The highest BCUT2D eigenvalue weighted by molar-refractivity contribution is 5.95. The third-order valence-corrected chi connectivity index (χ3v) is 9.44. The van der Waals surface area contributed by atoms with Crippen LogP contribution < -0.4 is 4.90 Å². The lowest BCUT2D eigenvalue weighted by atomic mass is 10.0. The summed E-state index contributed by atoms with van der Waals surface area (Å²) in [5.41, 5.74) is 3.26.